The van der Waals surface area contributed by atoms with Gasteiger partial charge in [0.15, 0.2) is 10.5 Å². The standard InChI is InChI=1S/C12H12F6O6S2/c1-7(11(13,14)15)25(19,20)23-9-3-5-10(6-4-9)24-26(21,22)8(2)12(16,17)18/h3-8H,1-2H3. The lowest BCUT2D eigenvalue weighted by Crippen LogP contribution is -2.36. The molecule has 1 rings (SSSR count). The molecule has 0 fully saturated rings. The smallest absolute Gasteiger partial charge is 0.382 e. The van der Waals surface area contributed by atoms with Crippen LogP contribution < -0.4 is 8.37 Å². The Balaban J connectivity index is 2.94. The van der Waals surface area contributed by atoms with E-state index >= 15 is 0 Å². The number of hydrogen-bond donors (Lipinski definition) is 0. The van der Waals surface area contributed by atoms with E-state index in [1.807, 2.05) is 0 Å². The summed E-state index contributed by atoms with van der Waals surface area (Å²) >= 11 is 0. The predicted molar refractivity (Wildman–Crippen MR) is 76.6 cm³/mol. The van der Waals surface area contributed by atoms with E-state index in [0.29, 0.717) is 13.8 Å². The minimum absolute atomic E-state index is 0.359. The van der Waals surface area contributed by atoms with E-state index in [-0.39, 0.29) is 0 Å². The SMILES string of the molecule is CC(C(F)(F)F)S(=O)(=O)Oc1ccc(OS(=O)(=O)C(C)C(F)(F)F)cc1. The Hall–Kier alpha value is -1.70. The predicted octanol–water partition coefficient (Wildman–Crippen LogP) is 3.01. The van der Waals surface area contributed by atoms with Crippen LogP contribution in [0.4, 0.5) is 26.3 Å². The lowest BCUT2D eigenvalue weighted by molar-refractivity contribution is -0.128. The maximum atomic E-state index is 12.4. The third-order valence-corrected chi connectivity index (χ3v) is 6.15. The van der Waals surface area contributed by atoms with Crippen LogP contribution in [-0.4, -0.2) is 39.7 Å². The van der Waals surface area contributed by atoms with Crippen molar-refractivity contribution in [3.63, 3.8) is 0 Å². The molecule has 1 aromatic rings. The summed E-state index contributed by atoms with van der Waals surface area (Å²) in [5.41, 5.74) is 0. The fourth-order valence-corrected chi connectivity index (χ4v) is 2.99. The van der Waals surface area contributed by atoms with Gasteiger partial charge in [-0.05, 0) is 38.1 Å². The molecule has 150 valence electrons. The van der Waals surface area contributed by atoms with Crippen LogP contribution in [0.3, 0.4) is 0 Å². The summed E-state index contributed by atoms with van der Waals surface area (Å²) in [6, 6.07) is 2.90. The molecular formula is C12H12F6O6S2. The van der Waals surface area contributed by atoms with Gasteiger partial charge in [0.05, 0.1) is 0 Å². The second kappa shape index (κ2) is 7.13. The van der Waals surface area contributed by atoms with Gasteiger partial charge in [0.1, 0.15) is 11.5 Å². The first-order valence-electron chi connectivity index (χ1n) is 6.57. The van der Waals surface area contributed by atoms with Crippen molar-refractivity contribution in [2.75, 3.05) is 0 Å². The number of hydrogen-bond acceptors (Lipinski definition) is 6. The molecule has 26 heavy (non-hydrogen) atoms. The Morgan fingerprint density at radius 1 is 0.692 bits per heavy atom. The number of alkyl halides is 6. The van der Waals surface area contributed by atoms with Crippen molar-refractivity contribution in [3.05, 3.63) is 24.3 Å². The third kappa shape index (κ3) is 5.65. The van der Waals surface area contributed by atoms with Gasteiger partial charge in [0.2, 0.25) is 0 Å². The van der Waals surface area contributed by atoms with Crippen LogP contribution in [0.15, 0.2) is 24.3 Å². The van der Waals surface area contributed by atoms with E-state index < -0.39 is 54.6 Å². The average molecular weight is 430 g/mol. The van der Waals surface area contributed by atoms with Gasteiger partial charge < -0.3 is 8.37 Å². The molecule has 0 spiro atoms. The van der Waals surface area contributed by atoms with Gasteiger partial charge in [0, 0.05) is 0 Å². The summed E-state index contributed by atoms with van der Waals surface area (Å²) in [6.45, 7) is 0.718. The maximum absolute atomic E-state index is 12.4. The van der Waals surface area contributed by atoms with Gasteiger partial charge in [-0.25, -0.2) is 0 Å². The monoisotopic (exact) mass is 430 g/mol. The lowest BCUT2D eigenvalue weighted by Gasteiger charge is -2.17. The second-order valence-corrected chi connectivity index (χ2v) is 8.71. The first-order chi connectivity index (χ1) is 11.5. The van der Waals surface area contributed by atoms with Gasteiger partial charge in [0.25, 0.3) is 0 Å². The fraction of sp³-hybridized carbons (Fsp3) is 0.500. The van der Waals surface area contributed by atoms with Crippen LogP contribution >= 0.6 is 0 Å². The molecule has 2 unspecified atom stereocenters. The van der Waals surface area contributed by atoms with Crippen molar-refractivity contribution in [1.29, 1.82) is 0 Å². The zero-order chi connectivity index (χ0) is 20.6. The molecule has 0 saturated heterocycles. The van der Waals surface area contributed by atoms with Gasteiger partial charge in [-0.15, -0.1) is 0 Å². The minimum atomic E-state index is -5.08. The van der Waals surface area contributed by atoms with Crippen molar-refractivity contribution in [2.45, 2.75) is 36.7 Å². The van der Waals surface area contributed by atoms with E-state index in [2.05, 4.69) is 8.37 Å². The van der Waals surface area contributed by atoms with Crippen LogP contribution in [-0.2, 0) is 20.2 Å². The first-order valence-corrected chi connectivity index (χ1v) is 9.51. The Morgan fingerprint density at radius 2 is 0.923 bits per heavy atom. The van der Waals surface area contributed by atoms with Crippen LogP contribution in [0, 0.1) is 0 Å². The zero-order valence-electron chi connectivity index (χ0n) is 13.0. The first kappa shape index (κ1) is 22.3. The van der Waals surface area contributed by atoms with E-state index in [1.54, 1.807) is 0 Å². The molecule has 2 atom stereocenters. The number of rotatable bonds is 6. The van der Waals surface area contributed by atoms with Gasteiger partial charge in [-0.3, -0.25) is 0 Å². The van der Waals surface area contributed by atoms with E-state index in [4.69, 9.17) is 0 Å². The lowest BCUT2D eigenvalue weighted by atomic mass is 10.3. The van der Waals surface area contributed by atoms with Crippen molar-refractivity contribution >= 4 is 20.2 Å². The molecule has 0 aliphatic rings. The Bertz CT molecular complexity index is 755. The molecule has 0 amide bonds. The van der Waals surface area contributed by atoms with E-state index in [9.17, 15) is 43.2 Å². The van der Waals surface area contributed by atoms with Crippen LogP contribution in [0.1, 0.15) is 13.8 Å². The number of benzene rings is 1. The van der Waals surface area contributed by atoms with Crippen molar-refractivity contribution in [2.24, 2.45) is 0 Å². The zero-order valence-corrected chi connectivity index (χ0v) is 14.6. The van der Waals surface area contributed by atoms with Crippen molar-refractivity contribution < 1.29 is 51.5 Å². The topological polar surface area (TPSA) is 86.7 Å². The highest BCUT2D eigenvalue weighted by Crippen LogP contribution is 2.30. The molecule has 0 bridgehead atoms. The average Bonchev–Trinajstić information content (AvgIpc) is 2.45. The highest BCUT2D eigenvalue weighted by Gasteiger charge is 2.47. The highest BCUT2D eigenvalue weighted by molar-refractivity contribution is 7.88. The van der Waals surface area contributed by atoms with E-state index in [1.165, 1.54) is 0 Å². The third-order valence-electron chi connectivity index (χ3n) is 3.04. The molecule has 1 aromatic carbocycles. The fourth-order valence-electron chi connectivity index (χ4n) is 1.29. The van der Waals surface area contributed by atoms with Crippen LogP contribution in [0.5, 0.6) is 11.5 Å². The van der Waals surface area contributed by atoms with Crippen molar-refractivity contribution in [1.82, 2.24) is 0 Å². The van der Waals surface area contributed by atoms with Crippen molar-refractivity contribution in [3.8, 4) is 11.5 Å². The number of halogens is 6. The molecule has 0 aromatic heterocycles. The summed E-state index contributed by atoms with van der Waals surface area (Å²) in [7, 11) is -10.2. The molecule has 0 radical (unpaired) electrons. The van der Waals surface area contributed by atoms with Crippen LogP contribution in [0.25, 0.3) is 0 Å². The normalized spacial score (nSPS) is 16.0. The highest BCUT2D eigenvalue weighted by atomic mass is 32.2. The summed E-state index contributed by atoms with van der Waals surface area (Å²) < 4.78 is 129. The van der Waals surface area contributed by atoms with Crippen LogP contribution in [0.2, 0.25) is 0 Å². The summed E-state index contributed by atoms with van der Waals surface area (Å²) in [4.78, 5) is 0. The van der Waals surface area contributed by atoms with Gasteiger partial charge >= 0.3 is 32.6 Å². The molecule has 0 aliphatic carbocycles. The second-order valence-electron chi connectivity index (χ2n) is 4.99. The van der Waals surface area contributed by atoms with E-state index in [0.717, 1.165) is 24.3 Å². The molecule has 0 N–H and O–H groups in total. The maximum Gasteiger partial charge on any atom is 0.408 e. The summed E-state index contributed by atoms with van der Waals surface area (Å²) in [5, 5.41) is -5.67. The summed E-state index contributed by atoms with van der Waals surface area (Å²) in [6.07, 6.45) is -10.2. The molecule has 6 nitrogen and oxygen atoms in total. The van der Waals surface area contributed by atoms with Gasteiger partial charge in [-0.2, -0.15) is 43.2 Å². The Kier molecular flexibility index (Phi) is 6.13. The van der Waals surface area contributed by atoms with Gasteiger partial charge in [-0.1, -0.05) is 0 Å². The Labute approximate surface area is 145 Å². The molecule has 0 aliphatic heterocycles. The quantitative estimate of drug-likeness (QED) is 0.510. The molecule has 0 heterocycles. The molecule has 0 saturated carbocycles. The molecule has 14 heteroatoms. The Morgan fingerprint density at radius 3 is 1.12 bits per heavy atom. The molecular weight excluding hydrogens is 418 g/mol. The summed E-state index contributed by atoms with van der Waals surface area (Å²) in [5.74, 6) is -1.23. The largest absolute Gasteiger partial charge is 0.408 e. The minimum Gasteiger partial charge on any atom is -0.382 e.